The smallest absolute Gasteiger partial charge is 0.233 e. The number of sulfonamides is 1. The summed E-state index contributed by atoms with van der Waals surface area (Å²) in [6.07, 6.45) is 0. The lowest BCUT2D eigenvalue weighted by molar-refractivity contribution is 0.576. The maximum Gasteiger partial charge on any atom is 0.233 e. The summed E-state index contributed by atoms with van der Waals surface area (Å²) in [7, 11) is -3.83. The molecule has 102 valence electrons. The van der Waals surface area contributed by atoms with Gasteiger partial charge in [0.05, 0.1) is 5.75 Å². The lowest BCUT2D eigenvalue weighted by Crippen LogP contribution is -2.23. The third-order valence-corrected chi connectivity index (χ3v) is 4.54. The molecule has 1 rings (SSSR count). The van der Waals surface area contributed by atoms with Crippen molar-refractivity contribution in [3.8, 4) is 0 Å². The van der Waals surface area contributed by atoms with Crippen molar-refractivity contribution in [2.75, 3.05) is 16.4 Å². The third-order valence-electron chi connectivity index (χ3n) is 2.03. The maximum atomic E-state index is 13.4. The average molecular weight is 363 g/mol. The largest absolute Gasteiger partial charge is 0.278 e. The quantitative estimate of drug-likeness (QED) is 0.817. The SMILES string of the molecule is CC(CCl)CS(=O)(=O)Nc1c(F)cc(Br)cc1F. The normalized spacial score (nSPS) is 13.4. The molecule has 0 spiro atoms. The van der Waals surface area contributed by atoms with Gasteiger partial charge in [-0.25, -0.2) is 17.2 Å². The molecule has 0 aliphatic rings. The standard InChI is InChI=1S/C10H11BrClF2NO2S/c1-6(4-12)5-18(16,17)15-10-8(13)2-7(11)3-9(10)14/h2-3,6,15H,4-5H2,1H3. The first kappa shape index (κ1) is 15.7. The van der Waals surface area contributed by atoms with Crippen molar-refractivity contribution in [3.05, 3.63) is 28.2 Å². The highest BCUT2D eigenvalue weighted by molar-refractivity contribution is 9.10. The Kier molecular flexibility index (Phi) is 5.36. The van der Waals surface area contributed by atoms with Gasteiger partial charge < -0.3 is 0 Å². The number of anilines is 1. The fraction of sp³-hybridized carbons (Fsp3) is 0.400. The van der Waals surface area contributed by atoms with E-state index >= 15 is 0 Å². The summed E-state index contributed by atoms with van der Waals surface area (Å²) < 4.78 is 52.2. The summed E-state index contributed by atoms with van der Waals surface area (Å²) in [5.41, 5.74) is -0.681. The first-order valence-electron chi connectivity index (χ1n) is 4.96. The Morgan fingerprint density at radius 3 is 2.33 bits per heavy atom. The molecule has 0 fully saturated rings. The van der Waals surface area contributed by atoms with Crippen LogP contribution in [0.3, 0.4) is 0 Å². The van der Waals surface area contributed by atoms with E-state index in [0.29, 0.717) is 0 Å². The van der Waals surface area contributed by atoms with Crippen LogP contribution in [0.15, 0.2) is 16.6 Å². The van der Waals surface area contributed by atoms with Gasteiger partial charge in [-0.05, 0) is 18.1 Å². The minimum atomic E-state index is -3.83. The highest BCUT2D eigenvalue weighted by atomic mass is 79.9. The average Bonchev–Trinajstić information content (AvgIpc) is 2.22. The Labute approximate surface area is 118 Å². The monoisotopic (exact) mass is 361 g/mol. The van der Waals surface area contributed by atoms with Crippen LogP contribution in [0.1, 0.15) is 6.92 Å². The van der Waals surface area contributed by atoms with E-state index in [-0.39, 0.29) is 22.0 Å². The minimum Gasteiger partial charge on any atom is -0.278 e. The van der Waals surface area contributed by atoms with Crippen molar-refractivity contribution >= 4 is 43.2 Å². The molecule has 1 unspecified atom stereocenters. The molecular weight excluding hydrogens is 352 g/mol. The lowest BCUT2D eigenvalue weighted by Gasteiger charge is -2.12. The minimum absolute atomic E-state index is 0.145. The third kappa shape index (κ3) is 4.37. The van der Waals surface area contributed by atoms with Gasteiger partial charge in [-0.15, -0.1) is 11.6 Å². The number of hydrogen-bond donors (Lipinski definition) is 1. The van der Waals surface area contributed by atoms with Gasteiger partial charge >= 0.3 is 0 Å². The molecule has 0 aliphatic carbocycles. The molecule has 1 atom stereocenters. The predicted octanol–water partition coefficient (Wildman–Crippen LogP) is 3.34. The number of alkyl halides is 1. The van der Waals surface area contributed by atoms with Crippen LogP contribution >= 0.6 is 27.5 Å². The van der Waals surface area contributed by atoms with Crippen LogP contribution in [0.4, 0.5) is 14.5 Å². The van der Waals surface area contributed by atoms with Gasteiger partial charge in [0.25, 0.3) is 0 Å². The zero-order valence-corrected chi connectivity index (χ0v) is 12.5. The molecule has 3 nitrogen and oxygen atoms in total. The molecule has 0 amide bonds. The summed E-state index contributed by atoms with van der Waals surface area (Å²) in [6.45, 7) is 1.63. The van der Waals surface area contributed by atoms with Crippen molar-refractivity contribution in [1.29, 1.82) is 0 Å². The van der Waals surface area contributed by atoms with Crippen LogP contribution in [-0.2, 0) is 10.0 Å². The molecule has 0 saturated heterocycles. The highest BCUT2D eigenvalue weighted by Gasteiger charge is 2.20. The number of halogens is 4. The fourth-order valence-electron chi connectivity index (χ4n) is 1.26. The number of nitrogens with one attached hydrogen (secondary N) is 1. The van der Waals surface area contributed by atoms with E-state index in [4.69, 9.17) is 11.6 Å². The van der Waals surface area contributed by atoms with Crippen molar-refractivity contribution in [2.45, 2.75) is 6.92 Å². The molecule has 0 aliphatic heterocycles. The van der Waals surface area contributed by atoms with E-state index in [9.17, 15) is 17.2 Å². The molecule has 0 saturated carbocycles. The molecule has 1 aromatic carbocycles. The van der Waals surface area contributed by atoms with Gasteiger partial charge in [-0.2, -0.15) is 0 Å². The predicted molar refractivity (Wildman–Crippen MR) is 71.4 cm³/mol. The van der Waals surface area contributed by atoms with E-state index in [0.717, 1.165) is 12.1 Å². The summed E-state index contributed by atoms with van der Waals surface area (Å²) in [6, 6.07) is 1.96. The number of benzene rings is 1. The molecule has 8 heteroatoms. The molecule has 1 N–H and O–H groups in total. The van der Waals surface area contributed by atoms with E-state index in [2.05, 4.69) is 15.9 Å². The Bertz CT molecular complexity index is 516. The topological polar surface area (TPSA) is 46.2 Å². The molecule has 18 heavy (non-hydrogen) atoms. The van der Waals surface area contributed by atoms with Crippen LogP contribution in [0, 0.1) is 17.6 Å². The van der Waals surface area contributed by atoms with Gasteiger partial charge in [-0.1, -0.05) is 22.9 Å². The van der Waals surface area contributed by atoms with Crippen LogP contribution in [0.5, 0.6) is 0 Å². The van der Waals surface area contributed by atoms with Gasteiger partial charge in [0.15, 0.2) is 11.6 Å². The first-order chi connectivity index (χ1) is 8.25. The molecule has 0 bridgehead atoms. The van der Waals surface area contributed by atoms with E-state index < -0.39 is 27.3 Å². The summed E-state index contributed by atoms with van der Waals surface area (Å²) >= 11 is 8.40. The molecule has 0 heterocycles. The second kappa shape index (κ2) is 6.16. The number of rotatable bonds is 5. The van der Waals surface area contributed by atoms with E-state index in [1.165, 1.54) is 0 Å². The van der Waals surface area contributed by atoms with Gasteiger partial charge in [0.2, 0.25) is 10.0 Å². The van der Waals surface area contributed by atoms with E-state index in [1.807, 2.05) is 4.72 Å². The molecular formula is C10H11BrClF2NO2S. The number of hydrogen-bond acceptors (Lipinski definition) is 2. The zero-order valence-electron chi connectivity index (χ0n) is 9.38. The lowest BCUT2D eigenvalue weighted by atomic mass is 10.3. The van der Waals surface area contributed by atoms with Crippen LogP contribution in [0.2, 0.25) is 0 Å². The Hall–Kier alpha value is -0.400. The Balaban J connectivity index is 2.98. The maximum absolute atomic E-state index is 13.4. The van der Waals surface area contributed by atoms with Crippen molar-refractivity contribution in [1.82, 2.24) is 0 Å². The molecule has 0 aromatic heterocycles. The first-order valence-corrected chi connectivity index (χ1v) is 7.94. The molecule has 1 aromatic rings. The second-order valence-corrected chi connectivity index (χ2v) is 6.88. The highest BCUT2D eigenvalue weighted by Crippen LogP contribution is 2.25. The Morgan fingerprint density at radius 2 is 1.89 bits per heavy atom. The molecule has 0 radical (unpaired) electrons. The zero-order chi connectivity index (χ0) is 13.9. The summed E-state index contributed by atoms with van der Waals surface area (Å²) in [4.78, 5) is 0. The van der Waals surface area contributed by atoms with E-state index in [1.54, 1.807) is 6.92 Å². The van der Waals surface area contributed by atoms with Crippen LogP contribution in [0.25, 0.3) is 0 Å². The second-order valence-electron chi connectivity index (χ2n) is 3.89. The van der Waals surface area contributed by atoms with Gasteiger partial charge in [0.1, 0.15) is 5.69 Å². The van der Waals surface area contributed by atoms with Crippen LogP contribution < -0.4 is 4.72 Å². The van der Waals surface area contributed by atoms with Gasteiger partial charge in [-0.3, -0.25) is 4.72 Å². The van der Waals surface area contributed by atoms with Crippen molar-refractivity contribution < 1.29 is 17.2 Å². The summed E-state index contributed by atoms with van der Waals surface area (Å²) in [5.74, 6) is -2.43. The summed E-state index contributed by atoms with van der Waals surface area (Å²) in [5, 5.41) is 0. The van der Waals surface area contributed by atoms with Gasteiger partial charge in [0, 0.05) is 10.4 Å². The Morgan fingerprint density at radius 1 is 1.39 bits per heavy atom. The van der Waals surface area contributed by atoms with Crippen molar-refractivity contribution in [3.63, 3.8) is 0 Å². The van der Waals surface area contributed by atoms with Crippen LogP contribution in [-0.4, -0.2) is 20.1 Å². The fourth-order valence-corrected chi connectivity index (χ4v) is 3.35. The van der Waals surface area contributed by atoms with Crippen molar-refractivity contribution in [2.24, 2.45) is 5.92 Å².